The lowest BCUT2D eigenvalue weighted by atomic mass is 10.1. The summed E-state index contributed by atoms with van der Waals surface area (Å²) >= 11 is 1.70. The largest absolute Gasteiger partial charge is 0.381 e. The first-order chi connectivity index (χ1) is 9.55. The maximum atomic E-state index is 11.7. The van der Waals surface area contributed by atoms with Crippen molar-refractivity contribution in [2.45, 2.75) is 32.2 Å². The van der Waals surface area contributed by atoms with Gasteiger partial charge in [0.25, 0.3) is 0 Å². The summed E-state index contributed by atoms with van der Waals surface area (Å²) in [5.74, 6) is 0.576. The summed E-state index contributed by atoms with van der Waals surface area (Å²) in [5.41, 5.74) is 2.01. The van der Waals surface area contributed by atoms with Crippen LogP contribution in [0.25, 0.3) is 10.2 Å². The second-order valence-corrected chi connectivity index (χ2v) is 8.59. The van der Waals surface area contributed by atoms with Crippen LogP contribution in [0.3, 0.4) is 0 Å². The van der Waals surface area contributed by atoms with Gasteiger partial charge in [-0.05, 0) is 37.5 Å². The number of benzene rings is 1. The molecule has 20 heavy (non-hydrogen) atoms. The third kappa shape index (κ3) is 2.96. The van der Waals surface area contributed by atoms with E-state index < -0.39 is 9.84 Å². The van der Waals surface area contributed by atoms with Crippen LogP contribution in [0.15, 0.2) is 18.2 Å². The first kappa shape index (κ1) is 13.8. The maximum absolute atomic E-state index is 11.7. The Morgan fingerprint density at radius 3 is 3.05 bits per heavy atom. The Kier molecular flexibility index (Phi) is 3.69. The van der Waals surface area contributed by atoms with Crippen LogP contribution in [0.2, 0.25) is 0 Å². The van der Waals surface area contributed by atoms with Crippen molar-refractivity contribution in [1.82, 2.24) is 4.98 Å². The van der Waals surface area contributed by atoms with Gasteiger partial charge >= 0.3 is 0 Å². The molecule has 0 spiro atoms. The highest BCUT2D eigenvalue weighted by Crippen LogP contribution is 2.26. The molecule has 1 N–H and O–H groups in total. The first-order valence-electron chi connectivity index (χ1n) is 6.92. The number of hydrogen-bond donors (Lipinski definition) is 1. The molecule has 1 unspecified atom stereocenters. The summed E-state index contributed by atoms with van der Waals surface area (Å²) < 4.78 is 24.5. The smallest absolute Gasteiger partial charge is 0.152 e. The van der Waals surface area contributed by atoms with Gasteiger partial charge in [-0.3, -0.25) is 0 Å². The van der Waals surface area contributed by atoms with E-state index >= 15 is 0 Å². The van der Waals surface area contributed by atoms with E-state index in [1.165, 1.54) is 0 Å². The molecule has 4 nitrogen and oxygen atoms in total. The molecule has 1 aromatic carbocycles. The van der Waals surface area contributed by atoms with Crippen molar-refractivity contribution in [2.75, 3.05) is 16.8 Å². The summed E-state index contributed by atoms with van der Waals surface area (Å²) in [6.07, 6.45) is 2.62. The fourth-order valence-corrected chi connectivity index (χ4v) is 5.17. The minimum atomic E-state index is -2.87. The number of nitrogens with one attached hydrogen (secondary N) is 1. The molecule has 0 amide bonds. The van der Waals surface area contributed by atoms with Crippen molar-refractivity contribution >= 4 is 37.1 Å². The minimum absolute atomic E-state index is 0.0322. The van der Waals surface area contributed by atoms with Crippen LogP contribution in [-0.2, 0) is 16.3 Å². The quantitative estimate of drug-likeness (QED) is 0.947. The fraction of sp³-hybridized carbons (Fsp3) is 0.500. The molecule has 108 valence electrons. The van der Waals surface area contributed by atoms with E-state index in [9.17, 15) is 8.42 Å². The number of aryl methyl sites for hydroxylation is 1. The summed E-state index contributed by atoms with van der Waals surface area (Å²) in [6.45, 7) is 2.10. The third-order valence-electron chi connectivity index (χ3n) is 3.57. The molecular weight excluding hydrogens is 292 g/mol. The lowest BCUT2D eigenvalue weighted by molar-refractivity contribution is 0.562. The Balaban J connectivity index is 1.80. The number of rotatable bonds is 3. The average Bonchev–Trinajstić information content (AvgIpc) is 2.79. The van der Waals surface area contributed by atoms with Gasteiger partial charge in [0.15, 0.2) is 9.84 Å². The Morgan fingerprint density at radius 1 is 1.45 bits per heavy atom. The number of aromatic nitrogens is 1. The van der Waals surface area contributed by atoms with Gasteiger partial charge in [-0.2, -0.15) is 0 Å². The van der Waals surface area contributed by atoms with E-state index in [0.29, 0.717) is 5.75 Å². The van der Waals surface area contributed by atoms with Gasteiger partial charge in [0, 0.05) is 11.7 Å². The summed E-state index contributed by atoms with van der Waals surface area (Å²) in [6, 6.07) is 6.10. The van der Waals surface area contributed by atoms with Crippen molar-refractivity contribution in [2.24, 2.45) is 0 Å². The number of nitrogens with zero attached hydrogens (tertiary/aromatic N) is 1. The number of thiazole rings is 1. The molecule has 1 fully saturated rings. The normalized spacial score (nSPS) is 21.9. The van der Waals surface area contributed by atoms with Gasteiger partial charge in [0.05, 0.1) is 26.7 Å². The van der Waals surface area contributed by atoms with Crippen LogP contribution in [-0.4, -0.2) is 30.9 Å². The van der Waals surface area contributed by atoms with Crippen LogP contribution < -0.4 is 5.32 Å². The minimum Gasteiger partial charge on any atom is -0.381 e. The fourth-order valence-electron chi connectivity index (χ4n) is 2.59. The molecular formula is C14H18N2O2S2. The molecule has 1 aliphatic rings. The molecule has 0 saturated carbocycles. The van der Waals surface area contributed by atoms with Crippen molar-refractivity contribution in [3.8, 4) is 0 Å². The molecule has 3 rings (SSSR count). The van der Waals surface area contributed by atoms with Gasteiger partial charge in [0.2, 0.25) is 0 Å². The molecule has 0 aliphatic carbocycles. The van der Waals surface area contributed by atoms with Crippen LogP contribution in [0, 0.1) is 0 Å². The highest BCUT2D eigenvalue weighted by atomic mass is 32.2. The molecule has 0 bridgehead atoms. The van der Waals surface area contributed by atoms with Gasteiger partial charge < -0.3 is 5.32 Å². The van der Waals surface area contributed by atoms with E-state index in [1.54, 1.807) is 11.3 Å². The van der Waals surface area contributed by atoms with E-state index in [1.807, 2.05) is 12.1 Å². The molecule has 1 aliphatic heterocycles. The van der Waals surface area contributed by atoms with Crippen LogP contribution in [0.4, 0.5) is 5.69 Å². The summed E-state index contributed by atoms with van der Waals surface area (Å²) in [7, 11) is -2.87. The van der Waals surface area contributed by atoms with Crippen molar-refractivity contribution in [3.63, 3.8) is 0 Å². The average molecular weight is 310 g/mol. The number of hydrogen-bond acceptors (Lipinski definition) is 5. The van der Waals surface area contributed by atoms with Crippen molar-refractivity contribution in [3.05, 3.63) is 23.2 Å². The number of sulfone groups is 1. The number of anilines is 1. The first-order valence-corrected chi connectivity index (χ1v) is 9.56. The third-order valence-corrected chi connectivity index (χ3v) is 6.55. The van der Waals surface area contributed by atoms with E-state index in [2.05, 4.69) is 23.3 Å². The van der Waals surface area contributed by atoms with Crippen LogP contribution >= 0.6 is 11.3 Å². The topological polar surface area (TPSA) is 59.1 Å². The zero-order chi connectivity index (χ0) is 14.2. The second kappa shape index (κ2) is 5.33. The van der Waals surface area contributed by atoms with Crippen molar-refractivity contribution < 1.29 is 8.42 Å². The van der Waals surface area contributed by atoms with Gasteiger partial charge in [-0.15, -0.1) is 11.3 Å². The zero-order valence-corrected chi connectivity index (χ0v) is 13.1. The molecule has 1 saturated heterocycles. The molecule has 0 radical (unpaired) electrons. The standard InChI is InChI=1S/C14H18N2O2S2/c1-2-14-16-12-6-5-10(8-13(12)19-14)15-11-4-3-7-20(17,18)9-11/h5-6,8,11,15H,2-4,7,9H2,1H3. The summed E-state index contributed by atoms with van der Waals surface area (Å²) in [5, 5.41) is 4.49. The predicted octanol–water partition coefficient (Wildman–Crippen LogP) is 2.85. The Labute approximate surface area is 123 Å². The second-order valence-electron chi connectivity index (χ2n) is 5.24. The lowest BCUT2D eigenvalue weighted by Gasteiger charge is -2.23. The highest BCUT2D eigenvalue weighted by molar-refractivity contribution is 7.91. The molecule has 1 atom stereocenters. The van der Waals surface area contributed by atoms with E-state index in [4.69, 9.17) is 0 Å². The molecule has 2 aromatic rings. The van der Waals surface area contributed by atoms with Crippen LogP contribution in [0.5, 0.6) is 0 Å². The highest BCUT2D eigenvalue weighted by Gasteiger charge is 2.24. The summed E-state index contributed by atoms with van der Waals surface area (Å²) in [4.78, 5) is 4.54. The SMILES string of the molecule is CCc1nc2ccc(NC3CCCS(=O)(=O)C3)cc2s1. The van der Waals surface area contributed by atoms with Crippen LogP contribution in [0.1, 0.15) is 24.8 Å². The van der Waals surface area contributed by atoms with Crippen molar-refractivity contribution in [1.29, 1.82) is 0 Å². The van der Waals surface area contributed by atoms with Gasteiger partial charge in [-0.1, -0.05) is 6.92 Å². The molecule has 1 aromatic heterocycles. The van der Waals surface area contributed by atoms with Gasteiger partial charge in [-0.25, -0.2) is 13.4 Å². The molecule has 2 heterocycles. The Bertz CT molecular complexity index is 722. The Hall–Kier alpha value is -1.14. The van der Waals surface area contributed by atoms with E-state index in [-0.39, 0.29) is 11.8 Å². The maximum Gasteiger partial charge on any atom is 0.152 e. The predicted molar refractivity (Wildman–Crippen MR) is 84.3 cm³/mol. The Morgan fingerprint density at radius 2 is 2.30 bits per heavy atom. The molecule has 6 heteroatoms. The van der Waals surface area contributed by atoms with E-state index in [0.717, 1.165) is 40.2 Å². The zero-order valence-electron chi connectivity index (χ0n) is 11.4. The number of fused-ring (bicyclic) bond motifs is 1. The monoisotopic (exact) mass is 310 g/mol. The lowest BCUT2D eigenvalue weighted by Crippen LogP contribution is -2.34. The van der Waals surface area contributed by atoms with Gasteiger partial charge in [0.1, 0.15) is 0 Å².